The fraction of sp³-hybridized carbons (Fsp3) is 0.200. The van der Waals surface area contributed by atoms with Gasteiger partial charge < -0.3 is 4.52 Å². The normalized spacial score (nSPS) is 10.3. The van der Waals surface area contributed by atoms with Gasteiger partial charge in [-0.1, -0.05) is 5.16 Å². The van der Waals surface area contributed by atoms with E-state index < -0.39 is 0 Å². The van der Waals surface area contributed by atoms with E-state index >= 15 is 0 Å². The number of aryl methyl sites for hydroxylation is 2. The summed E-state index contributed by atoms with van der Waals surface area (Å²) in [5.74, 6) is 0.804. The quantitative estimate of drug-likeness (QED) is 0.666. The summed E-state index contributed by atoms with van der Waals surface area (Å²) in [7, 11) is 0. The third-order valence-electron chi connectivity index (χ3n) is 1.81. The highest BCUT2D eigenvalue weighted by atomic mass is 16.5. The van der Waals surface area contributed by atoms with Crippen molar-refractivity contribution >= 4 is 0 Å². The van der Waals surface area contributed by atoms with Crippen LogP contribution in [0, 0.1) is 13.8 Å². The predicted molar refractivity (Wildman–Crippen MR) is 49.2 cm³/mol. The maximum absolute atomic E-state index is 4.97. The van der Waals surface area contributed by atoms with Gasteiger partial charge in [-0.2, -0.15) is 0 Å². The van der Waals surface area contributed by atoms with Gasteiger partial charge in [-0.25, -0.2) is 0 Å². The second kappa shape index (κ2) is 3.01. The maximum atomic E-state index is 4.97. The van der Waals surface area contributed by atoms with Crippen LogP contribution >= 0.6 is 0 Å². The minimum atomic E-state index is 0.793. The zero-order chi connectivity index (χ0) is 9.26. The summed E-state index contributed by atoms with van der Waals surface area (Å²) < 4.78 is 4.97. The Labute approximate surface area is 76.4 Å². The second-order valence-electron chi connectivity index (χ2n) is 3.04. The average molecular weight is 174 g/mol. The average Bonchev–Trinajstić information content (AvgIpc) is 2.52. The Balaban J connectivity index is 2.46. The molecule has 0 aromatic carbocycles. The van der Waals surface area contributed by atoms with Gasteiger partial charge in [-0.3, -0.25) is 4.98 Å². The van der Waals surface area contributed by atoms with Crippen LogP contribution < -0.4 is 0 Å². The van der Waals surface area contributed by atoms with Gasteiger partial charge in [0.05, 0.1) is 5.69 Å². The molecular weight excluding hydrogens is 164 g/mol. The lowest BCUT2D eigenvalue weighted by atomic mass is 10.2. The Morgan fingerprint density at radius 2 is 2.00 bits per heavy atom. The van der Waals surface area contributed by atoms with Crippen molar-refractivity contribution in [2.24, 2.45) is 0 Å². The van der Waals surface area contributed by atoms with E-state index in [4.69, 9.17) is 4.52 Å². The second-order valence-corrected chi connectivity index (χ2v) is 3.04. The van der Waals surface area contributed by atoms with Gasteiger partial charge in [0.25, 0.3) is 0 Å². The summed E-state index contributed by atoms with van der Waals surface area (Å²) in [6, 6.07) is 5.81. The highest BCUT2D eigenvalue weighted by molar-refractivity contribution is 5.54. The van der Waals surface area contributed by atoms with Crippen molar-refractivity contribution in [1.29, 1.82) is 0 Å². The van der Waals surface area contributed by atoms with Crippen LogP contribution in [0.4, 0.5) is 0 Å². The third-order valence-corrected chi connectivity index (χ3v) is 1.81. The van der Waals surface area contributed by atoms with E-state index in [1.165, 1.54) is 5.56 Å². The van der Waals surface area contributed by atoms with Crippen LogP contribution in [0.3, 0.4) is 0 Å². The summed E-state index contributed by atoms with van der Waals surface area (Å²) in [5, 5.41) is 3.89. The van der Waals surface area contributed by atoms with Crippen molar-refractivity contribution in [2.45, 2.75) is 13.8 Å². The Kier molecular flexibility index (Phi) is 1.85. The molecule has 3 nitrogen and oxygen atoms in total. The van der Waals surface area contributed by atoms with Crippen molar-refractivity contribution in [2.75, 3.05) is 0 Å². The van der Waals surface area contributed by atoms with E-state index in [0.29, 0.717) is 0 Å². The van der Waals surface area contributed by atoms with E-state index in [9.17, 15) is 0 Å². The van der Waals surface area contributed by atoms with E-state index in [0.717, 1.165) is 17.1 Å². The molecule has 66 valence electrons. The lowest BCUT2D eigenvalue weighted by molar-refractivity contribution is 0.399. The summed E-state index contributed by atoms with van der Waals surface area (Å²) in [5.41, 5.74) is 2.82. The zero-order valence-corrected chi connectivity index (χ0v) is 7.61. The van der Waals surface area contributed by atoms with Crippen LogP contribution in [0.15, 0.2) is 28.9 Å². The summed E-state index contributed by atoms with van der Waals surface area (Å²) >= 11 is 0. The van der Waals surface area contributed by atoms with Gasteiger partial charge in [0, 0.05) is 12.3 Å². The first-order chi connectivity index (χ1) is 6.25. The molecule has 3 heteroatoms. The monoisotopic (exact) mass is 174 g/mol. The van der Waals surface area contributed by atoms with Crippen LogP contribution in [0.25, 0.3) is 11.4 Å². The maximum Gasteiger partial charge on any atom is 0.134 e. The smallest absolute Gasteiger partial charge is 0.134 e. The molecule has 13 heavy (non-hydrogen) atoms. The van der Waals surface area contributed by atoms with Crippen LogP contribution in [0.1, 0.15) is 11.3 Å². The van der Waals surface area contributed by atoms with Gasteiger partial charge in [-0.15, -0.1) is 0 Å². The van der Waals surface area contributed by atoms with Gasteiger partial charge >= 0.3 is 0 Å². The Bertz CT molecular complexity index is 420. The minimum absolute atomic E-state index is 0.793. The summed E-state index contributed by atoms with van der Waals surface area (Å²) in [6.07, 6.45) is 1.77. The fourth-order valence-corrected chi connectivity index (χ4v) is 1.16. The Morgan fingerprint density at radius 3 is 2.62 bits per heavy atom. The zero-order valence-electron chi connectivity index (χ0n) is 7.61. The molecule has 0 saturated heterocycles. The molecule has 0 aliphatic heterocycles. The first-order valence-corrected chi connectivity index (χ1v) is 4.12. The third kappa shape index (κ3) is 1.59. The first kappa shape index (κ1) is 7.98. The number of pyridine rings is 1. The molecular formula is C10H10N2O. The number of rotatable bonds is 1. The topological polar surface area (TPSA) is 38.9 Å². The highest BCUT2D eigenvalue weighted by Crippen LogP contribution is 2.16. The molecule has 0 aliphatic carbocycles. The molecule has 0 radical (unpaired) electrons. The number of nitrogens with zero attached hydrogens (tertiary/aromatic N) is 2. The van der Waals surface area contributed by atoms with Crippen molar-refractivity contribution in [3.63, 3.8) is 0 Å². The highest BCUT2D eigenvalue weighted by Gasteiger charge is 2.04. The minimum Gasteiger partial charge on any atom is -0.361 e. The summed E-state index contributed by atoms with van der Waals surface area (Å²) in [6.45, 7) is 3.89. The van der Waals surface area contributed by atoms with E-state index in [1.54, 1.807) is 6.20 Å². The van der Waals surface area contributed by atoms with Gasteiger partial charge in [-0.05, 0) is 31.5 Å². The molecule has 0 bridgehead atoms. The van der Waals surface area contributed by atoms with E-state index in [2.05, 4.69) is 10.1 Å². The lowest BCUT2D eigenvalue weighted by Crippen LogP contribution is -1.83. The molecule has 0 unspecified atom stereocenters. The molecule has 0 fully saturated rings. The number of hydrogen-bond donors (Lipinski definition) is 0. The van der Waals surface area contributed by atoms with Crippen molar-refractivity contribution in [1.82, 2.24) is 10.1 Å². The van der Waals surface area contributed by atoms with Crippen LogP contribution in [-0.2, 0) is 0 Å². The number of aromatic nitrogens is 2. The predicted octanol–water partition coefficient (Wildman–Crippen LogP) is 2.35. The molecule has 2 rings (SSSR count). The molecule has 2 heterocycles. The van der Waals surface area contributed by atoms with E-state index in [1.807, 2.05) is 32.0 Å². The molecule has 0 spiro atoms. The van der Waals surface area contributed by atoms with Gasteiger partial charge in [0.15, 0.2) is 0 Å². The van der Waals surface area contributed by atoms with Crippen molar-refractivity contribution in [3.05, 3.63) is 35.7 Å². The molecule has 0 saturated carbocycles. The first-order valence-electron chi connectivity index (χ1n) is 4.12. The van der Waals surface area contributed by atoms with E-state index in [-0.39, 0.29) is 0 Å². The fourth-order valence-electron chi connectivity index (χ4n) is 1.16. The largest absolute Gasteiger partial charge is 0.361 e. The summed E-state index contributed by atoms with van der Waals surface area (Å²) in [4.78, 5) is 4.20. The SMILES string of the molecule is Cc1ccnc(-c2cc(C)on2)c1. The van der Waals surface area contributed by atoms with Crippen LogP contribution in [0.5, 0.6) is 0 Å². The molecule has 0 aliphatic rings. The van der Waals surface area contributed by atoms with Gasteiger partial charge in [0.2, 0.25) is 0 Å². The van der Waals surface area contributed by atoms with Crippen LogP contribution in [-0.4, -0.2) is 10.1 Å². The Hall–Kier alpha value is -1.64. The molecule has 2 aromatic heterocycles. The van der Waals surface area contributed by atoms with Crippen molar-refractivity contribution < 1.29 is 4.52 Å². The van der Waals surface area contributed by atoms with Crippen molar-refractivity contribution in [3.8, 4) is 11.4 Å². The molecule has 0 amide bonds. The molecule has 0 atom stereocenters. The van der Waals surface area contributed by atoms with Crippen LogP contribution in [0.2, 0.25) is 0 Å². The number of hydrogen-bond acceptors (Lipinski definition) is 3. The Morgan fingerprint density at radius 1 is 1.15 bits per heavy atom. The van der Waals surface area contributed by atoms with Gasteiger partial charge in [0.1, 0.15) is 11.5 Å². The standard InChI is InChI=1S/C10H10N2O/c1-7-3-4-11-9(5-7)10-6-8(2)13-12-10/h3-6H,1-2H3. The lowest BCUT2D eigenvalue weighted by Gasteiger charge is -1.94. The molecule has 0 N–H and O–H groups in total. The molecule has 2 aromatic rings.